The molecule has 0 spiro atoms. The first-order valence-electron chi connectivity index (χ1n) is 6.90. The molecule has 2 N–H and O–H groups in total. The Morgan fingerprint density at radius 2 is 2.24 bits per heavy atom. The second kappa shape index (κ2) is 5.65. The second-order valence-electron chi connectivity index (χ2n) is 5.54. The van der Waals surface area contributed by atoms with Gasteiger partial charge in [-0.1, -0.05) is 6.92 Å². The Morgan fingerprint density at radius 1 is 1.47 bits per heavy atom. The van der Waals surface area contributed by atoms with Gasteiger partial charge in [-0.05, 0) is 32.2 Å². The van der Waals surface area contributed by atoms with Gasteiger partial charge in [-0.25, -0.2) is 0 Å². The van der Waals surface area contributed by atoms with E-state index in [1.165, 1.54) is 12.8 Å². The minimum Gasteiger partial charge on any atom is -0.394 e. The first-order chi connectivity index (χ1) is 8.20. The fourth-order valence-electron chi connectivity index (χ4n) is 2.99. The van der Waals surface area contributed by atoms with Gasteiger partial charge in [0, 0.05) is 19.6 Å². The summed E-state index contributed by atoms with van der Waals surface area (Å²) in [5.41, 5.74) is -0.0776. The minimum atomic E-state index is -0.0776. The SMILES string of the molecule is CCNC(CO)(CN1CCOC(C)C1)C1CC1. The molecule has 0 bridgehead atoms. The predicted molar refractivity (Wildman–Crippen MR) is 68.1 cm³/mol. The summed E-state index contributed by atoms with van der Waals surface area (Å²) in [7, 11) is 0. The molecule has 17 heavy (non-hydrogen) atoms. The molecule has 0 aromatic carbocycles. The maximum absolute atomic E-state index is 9.79. The van der Waals surface area contributed by atoms with Crippen molar-refractivity contribution in [2.24, 2.45) is 5.92 Å². The summed E-state index contributed by atoms with van der Waals surface area (Å²) in [5, 5.41) is 13.3. The molecule has 2 aliphatic rings. The number of nitrogens with one attached hydrogen (secondary N) is 1. The van der Waals surface area contributed by atoms with E-state index in [1.54, 1.807) is 0 Å². The van der Waals surface area contributed by atoms with E-state index in [9.17, 15) is 5.11 Å². The molecule has 2 unspecified atom stereocenters. The van der Waals surface area contributed by atoms with Crippen molar-refractivity contribution < 1.29 is 9.84 Å². The third-order valence-corrected chi connectivity index (χ3v) is 4.00. The van der Waals surface area contributed by atoms with Crippen LogP contribution in [0.2, 0.25) is 0 Å². The molecule has 1 heterocycles. The van der Waals surface area contributed by atoms with Crippen molar-refractivity contribution in [3.05, 3.63) is 0 Å². The third kappa shape index (κ3) is 3.19. The zero-order valence-corrected chi connectivity index (χ0v) is 11.1. The maximum atomic E-state index is 9.79. The molecule has 4 heteroatoms. The van der Waals surface area contributed by atoms with Crippen LogP contribution in [-0.4, -0.2) is 61.0 Å². The number of aliphatic hydroxyl groups is 1. The number of rotatable bonds is 6. The first-order valence-corrected chi connectivity index (χ1v) is 6.90. The molecule has 2 rings (SSSR count). The first kappa shape index (κ1) is 13.3. The standard InChI is InChI=1S/C13H26N2O2/c1-3-14-13(10-16,12-4-5-12)9-15-6-7-17-11(2)8-15/h11-12,14,16H,3-10H2,1-2H3. The summed E-state index contributed by atoms with van der Waals surface area (Å²) in [4.78, 5) is 2.44. The number of nitrogens with zero attached hydrogens (tertiary/aromatic N) is 1. The summed E-state index contributed by atoms with van der Waals surface area (Å²) >= 11 is 0. The quantitative estimate of drug-likeness (QED) is 0.710. The summed E-state index contributed by atoms with van der Waals surface area (Å²) in [5.74, 6) is 0.658. The molecule has 1 saturated heterocycles. The van der Waals surface area contributed by atoms with Gasteiger partial charge in [-0.15, -0.1) is 0 Å². The van der Waals surface area contributed by atoms with Gasteiger partial charge >= 0.3 is 0 Å². The number of aliphatic hydroxyl groups excluding tert-OH is 1. The fraction of sp³-hybridized carbons (Fsp3) is 1.00. The number of likely N-dealkylation sites (N-methyl/N-ethyl adjacent to an activating group) is 1. The maximum Gasteiger partial charge on any atom is 0.0674 e. The highest BCUT2D eigenvalue weighted by molar-refractivity contribution is 5.03. The van der Waals surface area contributed by atoms with Crippen LogP contribution < -0.4 is 5.32 Å². The summed E-state index contributed by atoms with van der Waals surface area (Å²) in [6, 6.07) is 0. The average Bonchev–Trinajstić information content (AvgIpc) is 3.12. The van der Waals surface area contributed by atoms with Gasteiger partial charge in [-0.3, -0.25) is 4.90 Å². The number of ether oxygens (including phenoxy) is 1. The third-order valence-electron chi connectivity index (χ3n) is 4.00. The largest absolute Gasteiger partial charge is 0.394 e. The number of hydrogen-bond donors (Lipinski definition) is 2. The van der Waals surface area contributed by atoms with Crippen LogP contribution in [-0.2, 0) is 4.74 Å². The van der Waals surface area contributed by atoms with Crippen molar-refractivity contribution in [2.75, 3.05) is 39.4 Å². The second-order valence-corrected chi connectivity index (χ2v) is 5.54. The van der Waals surface area contributed by atoms with E-state index >= 15 is 0 Å². The molecule has 2 fully saturated rings. The van der Waals surface area contributed by atoms with Gasteiger partial charge in [0.1, 0.15) is 0 Å². The van der Waals surface area contributed by atoms with Gasteiger partial charge in [0.25, 0.3) is 0 Å². The van der Waals surface area contributed by atoms with Crippen molar-refractivity contribution in [3.8, 4) is 0 Å². The Labute approximate surface area is 104 Å². The highest BCUT2D eigenvalue weighted by Gasteiger charge is 2.45. The number of hydrogen-bond acceptors (Lipinski definition) is 4. The van der Waals surface area contributed by atoms with E-state index in [0.717, 1.165) is 32.8 Å². The lowest BCUT2D eigenvalue weighted by molar-refractivity contribution is -0.0342. The molecule has 0 amide bonds. The molecule has 0 aromatic rings. The van der Waals surface area contributed by atoms with Gasteiger partial charge < -0.3 is 15.2 Å². The highest BCUT2D eigenvalue weighted by atomic mass is 16.5. The fourth-order valence-corrected chi connectivity index (χ4v) is 2.99. The smallest absolute Gasteiger partial charge is 0.0674 e. The van der Waals surface area contributed by atoms with E-state index in [2.05, 4.69) is 24.1 Å². The van der Waals surface area contributed by atoms with Crippen LogP contribution in [0, 0.1) is 5.92 Å². The Kier molecular flexibility index (Phi) is 4.42. The van der Waals surface area contributed by atoms with E-state index < -0.39 is 0 Å². The van der Waals surface area contributed by atoms with Gasteiger partial charge in [0.15, 0.2) is 0 Å². The lowest BCUT2D eigenvalue weighted by atomic mass is 9.92. The van der Waals surface area contributed by atoms with Gasteiger partial charge in [0.05, 0.1) is 24.9 Å². The van der Waals surface area contributed by atoms with Crippen LogP contribution in [0.1, 0.15) is 26.7 Å². The normalized spacial score (nSPS) is 30.2. The lowest BCUT2D eigenvalue weighted by Crippen LogP contribution is -2.60. The summed E-state index contributed by atoms with van der Waals surface area (Å²) in [6.45, 7) is 9.17. The highest BCUT2D eigenvalue weighted by Crippen LogP contribution is 2.40. The molecule has 1 aliphatic heterocycles. The molecule has 4 nitrogen and oxygen atoms in total. The van der Waals surface area contributed by atoms with Gasteiger partial charge in [0.2, 0.25) is 0 Å². The van der Waals surface area contributed by atoms with Crippen LogP contribution in [0.4, 0.5) is 0 Å². The molecular formula is C13H26N2O2. The Bertz CT molecular complexity index is 246. The van der Waals surface area contributed by atoms with Crippen molar-refractivity contribution in [2.45, 2.75) is 38.3 Å². The molecule has 100 valence electrons. The molecule has 1 saturated carbocycles. The lowest BCUT2D eigenvalue weighted by Gasteiger charge is -2.41. The van der Waals surface area contributed by atoms with E-state index in [1.807, 2.05) is 0 Å². The van der Waals surface area contributed by atoms with Crippen LogP contribution in [0.5, 0.6) is 0 Å². The minimum absolute atomic E-state index is 0.0776. The van der Waals surface area contributed by atoms with E-state index in [0.29, 0.717) is 12.0 Å². The average molecular weight is 242 g/mol. The molecule has 2 atom stereocenters. The van der Waals surface area contributed by atoms with Crippen molar-refractivity contribution in [1.82, 2.24) is 10.2 Å². The Balaban J connectivity index is 1.95. The molecule has 0 radical (unpaired) electrons. The molecular weight excluding hydrogens is 216 g/mol. The van der Waals surface area contributed by atoms with Crippen LogP contribution in [0.25, 0.3) is 0 Å². The van der Waals surface area contributed by atoms with Crippen LogP contribution in [0.15, 0.2) is 0 Å². The topological polar surface area (TPSA) is 44.7 Å². The predicted octanol–water partition coefficient (Wildman–Crippen LogP) is 0.458. The Hall–Kier alpha value is -0.160. The van der Waals surface area contributed by atoms with E-state index in [-0.39, 0.29) is 12.1 Å². The van der Waals surface area contributed by atoms with Crippen LogP contribution in [0.3, 0.4) is 0 Å². The summed E-state index contributed by atoms with van der Waals surface area (Å²) < 4.78 is 5.57. The molecule has 0 aromatic heterocycles. The van der Waals surface area contributed by atoms with Crippen molar-refractivity contribution in [1.29, 1.82) is 0 Å². The number of morpholine rings is 1. The van der Waals surface area contributed by atoms with Gasteiger partial charge in [-0.2, -0.15) is 0 Å². The zero-order chi connectivity index (χ0) is 12.3. The Morgan fingerprint density at radius 3 is 2.76 bits per heavy atom. The van der Waals surface area contributed by atoms with Crippen LogP contribution >= 0.6 is 0 Å². The van der Waals surface area contributed by atoms with Crippen molar-refractivity contribution in [3.63, 3.8) is 0 Å². The monoisotopic (exact) mass is 242 g/mol. The molecule has 1 aliphatic carbocycles. The van der Waals surface area contributed by atoms with E-state index in [4.69, 9.17) is 4.74 Å². The summed E-state index contributed by atoms with van der Waals surface area (Å²) in [6.07, 6.45) is 2.84. The van der Waals surface area contributed by atoms with Crippen molar-refractivity contribution >= 4 is 0 Å². The zero-order valence-electron chi connectivity index (χ0n) is 11.1.